The topological polar surface area (TPSA) is 107 Å². The van der Waals surface area contributed by atoms with Crippen LogP contribution in [0, 0.1) is 0 Å². The molecule has 0 fully saturated rings. The Bertz CT molecular complexity index is 1030. The monoisotopic (exact) mass is 478 g/mol. The van der Waals surface area contributed by atoms with Crippen LogP contribution in [0.4, 0.5) is 13.2 Å². The fourth-order valence-corrected chi connectivity index (χ4v) is 4.45. The van der Waals surface area contributed by atoms with Gasteiger partial charge in [0.1, 0.15) is 0 Å². The van der Waals surface area contributed by atoms with Gasteiger partial charge in [-0.25, -0.2) is 0 Å². The number of aryl methyl sites for hydroxylation is 1. The summed E-state index contributed by atoms with van der Waals surface area (Å²) in [7, 11) is 0. The highest BCUT2D eigenvalue weighted by atomic mass is 35.5. The van der Waals surface area contributed by atoms with Crippen molar-refractivity contribution in [2.75, 3.05) is 5.75 Å². The molecule has 3 aromatic rings. The molecule has 0 bridgehead atoms. The van der Waals surface area contributed by atoms with Crippen molar-refractivity contribution in [1.82, 2.24) is 30.4 Å². The van der Waals surface area contributed by atoms with Gasteiger partial charge < -0.3 is 5.11 Å². The first-order valence-electron chi connectivity index (χ1n) is 8.54. The molecule has 0 saturated carbocycles. The third-order valence-corrected chi connectivity index (χ3v) is 6.27. The Morgan fingerprint density at radius 2 is 2.03 bits per heavy atom. The molecule has 0 saturated heterocycles. The third kappa shape index (κ3) is 6.12. The molecule has 0 aliphatic carbocycles. The zero-order chi connectivity index (χ0) is 21.7. The number of hydrogen-bond acceptors (Lipinski definition) is 8. The van der Waals surface area contributed by atoms with Crippen LogP contribution in [0.2, 0.25) is 5.02 Å². The Morgan fingerprint density at radius 1 is 1.23 bits per heavy atom. The van der Waals surface area contributed by atoms with E-state index in [9.17, 15) is 18.0 Å². The van der Waals surface area contributed by atoms with E-state index >= 15 is 0 Å². The van der Waals surface area contributed by atoms with Gasteiger partial charge in [0.25, 0.3) is 0 Å². The van der Waals surface area contributed by atoms with Gasteiger partial charge in [0.15, 0.2) is 15.9 Å². The molecular weight excluding hydrogens is 465 g/mol. The van der Waals surface area contributed by atoms with Gasteiger partial charge in [-0.1, -0.05) is 34.7 Å². The number of carbonyl (C=O) groups is 1. The normalized spacial score (nSPS) is 11.7. The average molecular weight is 479 g/mol. The fourth-order valence-electron chi connectivity index (χ4n) is 2.39. The number of nitrogens with zero attached hydrogens (tertiary/aromatic N) is 6. The van der Waals surface area contributed by atoms with Crippen LogP contribution in [-0.4, -0.2) is 47.2 Å². The Labute approximate surface area is 181 Å². The molecule has 0 aliphatic rings. The molecule has 30 heavy (non-hydrogen) atoms. The number of tetrazole rings is 1. The molecule has 160 valence electrons. The van der Waals surface area contributed by atoms with Crippen LogP contribution in [0.1, 0.15) is 24.0 Å². The summed E-state index contributed by atoms with van der Waals surface area (Å²) < 4.78 is 39.1. The molecule has 8 nitrogen and oxygen atoms in total. The van der Waals surface area contributed by atoms with Gasteiger partial charge in [0.2, 0.25) is 5.82 Å². The maximum absolute atomic E-state index is 12.8. The van der Waals surface area contributed by atoms with E-state index < -0.39 is 24.3 Å². The molecular formula is C16H14ClF3N6O2S2. The molecule has 0 atom stereocenters. The van der Waals surface area contributed by atoms with Crippen LogP contribution in [0.25, 0.3) is 10.8 Å². The molecule has 2 aromatic heterocycles. The largest absolute Gasteiger partial charge is 0.480 e. The number of benzene rings is 1. The summed E-state index contributed by atoms with van der Waals surface area (Å²) in [6.45, 7) is -0.399. The zero-order valence-corrected chi connectivity index (χ0v) is 17.5. The third-order valence-electron chi connectivity index (χ3n) is 3.77. The van der Waals surface area contributed by atoms with E-state index in [0.717, 1.165) is 23.4 Å². The SMILES string of the molecule is O=C(O)Cn1nnc(-c2nnc(SCCCCc3cc(C(F)(F)F)ccc3Cl)s2)n1. The smallest absolute Gasteiger partial charge is 0.416 e. The second kappa shape index (κ2) is 9.71. The van der Waals surface area contributed by atoms with Crippen LogP contribution >= 0.6 is 34.7 Å². The van der Waals surface area contributed by atoms with Gasteiger partial charge in [0.05, 0.1) is 5.56 Å². The quantitative estimate of drug-likeness (QED) is 0.362. The van der Waals surface area contributed by atoms with Crippen LogP contribution in [0.15, 0.2) is 22.5 Å². The summed E-state index contributed by atoms with van der Waals surface area (Å²) in [5, 5.41) is 28.8. The molecule has 0 amide bonds. The number of alkyl halides is 3. The molecule has 1 N–H and O–H groups in total. The summed E-state index contributed by atoms with van der Waals surface area (Å²) >= 11 is 8.71. The van der Waals surface area contributed by atoms with Crippen LogP contribution in [0.3, 0.4) is 0 Å². The standard InChI is InChI=1S/C16H14ClF3N6O2S2/c17-11-5-4-10(16(18,19)20)7-9(11)3-1-2-6-29-15-23-22-14(30-15)13-21-25-26(24-13)8-12(27)28/h4-5,7H,1-3,6,8H2,(H,27,28). The van der Waals surface area contributed by atoms with Gasteiger partial charge in [-0.2, -0.15) is 18.0 Å². The first kappa shape index (κ1) is 22.4. The lowest BCUT2D eigenvalue weighted by molar-refractivity contribution is -0.138. The number of thioether (sulfide) groups is 1. The van der Waals surface area contributed by atoms with Gasteiger partial charge in [0, 0.05) is 10.8 Å². The maximum atomic E-state index is 12.8. The minimum absolute atomic E-state index is 0.194. The van der Waals surface area contributed by atoms with Crippen molar-refractivity contribution in [2.45, 2.75) is 36.3 Å². The van der Waals surface area contributed by atoms with Crippen molar-refractivity contribution in [1.29, 1.82) is 0 Å². The summed E-state index contributed by atoms with van der Waals surface area (Å²) in [4.78, 5) is 11.6. The Hall–Kier alpha value is -2.25. The second-order valence-corrected chi connectivity index (χ2v) is 8.75. The van der Waals surface area contributed by atoms with Gasteiger partial charge in [-0.3, -0.25) is 4.79 Å². The number of rotatable bonds is 9. The summed E-state index contributed by atoms with van der Waals surface area (Å²) in [5.74, 6) is -0.191. The summed E-state index contributed by atoms with van der Waals surface area (Å²) in [6.07, 6.45) is -2.52. The Kier molecular flexibility index (Phi) is 7.26. The van der Waals surface area contributed by atoms with Crippen molar-refractivity contribution in [3.8, 4) is 10.8 Å². The number of hydrogen-bond donors (Lipinski definition) is 1. The molecule has 2 heterocycles. The first-order chi connectivity index (χ1) is 14.2. The van der Waals surface area contributed by atoms with Crippen LogP contribution in [-0.2, 0) is 23.9 Å². The minimum Gasteiger partial charge on any atom is -0.480 e. The van der Waals surface area contributed by atoms with Crippen LogP contribution in [0.5, 0.6) is 0 Å². The van der Waals surface area contributed by atoms with Crippen molar-refractivity contribution >= 4 is 40.7 Å². The number of aliphatic carboxylic acids is 1. The van der Waals surface area contributed by atoms with E-state index in [0.29, 0.717) is 38.5 Å². The van der Waals surface area contributed by atoms with Crippen LogP contribution < -0.4 is 0 Å². The number of halogens is 4. The Morgan fingerprint density at radius 3 is 2.77 bits per heavy atom. The molecule has 0 unspecified atom stereocenters. The zero-order valence-electron chi connectivity index (χ0n) is 15.1. The van der Waals surface area contributed by atoms with Crippen molar-refractivity contribution in [3.63, 3.8) is 0 Å². The Balaban J connectivity index is 1.47. The fraction of sp³-hybridized carbons (Fsp3) is 0.375. The number of aromatic nitrogens is 6. The van der Waals surface area contributed by atoms with E-state index in [1.807, 2.05) is 0 Å². The van der Waals surface area contributed by atoms with Gasteiger partial charge >= 0.3 is 12.1 Å². The predicted octanol–water partition coefficient (Wildman–Crippen LogP) is 4.06. The lowest BCUT2D eigenvalue weighted by Crippen LogP contribution is -2.11. The highest BCUT2D eigenvalue weighted by molar-refractivity contribution is 8.01. The van der Waals surface area contributed by atoms with Crippen molar-refractivity contribution in [2.24, 2.45) is 0 Å². The van der Waals surface area contributed by atoms with Crippen molar-refractivity contribution in [3.05, 3.63) is 34.3 Å². The minimum atomic E-state index is -4.39. The number of carboxylic acid groups (broad SMARTS) is 1. The van der Waals surface area contributed by atoms with E-state index in [4.69, 9.17) is 16.7 Å². The first-order valence-corrected chi connectivity index (χ1v) is 10.7. The van der Waals surface area contributed by atoms with E-state index in [2.05, 4.69) is 25.6 Å². The number of unbranched alkanes of at least 4 members (excludes halogenated alkanes) is 1. The summed E-state index contributed by atoms with van der Waals surface area (Å²) in [5.41, 5.74) is -0.225. The lowest BCUT2D eigenvalue weighted by Gasteiger charge is -2.10. The summed E-state index contributed by atoms with van der Waals surface area (Å²) in [6, 6.07) is 3.35. The maximum Gasteiger partial charge on any atom is 0.416 e. The lowest BCUT2D eigenvalue weighted by atomic mass is 10.1. The van der Waals surface area contributed by atoms with Gasteiger partial charge in [-0.05, 0) is 48.2 Å². The molecule has 1 aromatic carbocycles. The average Bonchev–Trinajstić information content (AvgIpc) is 3.30. The predicted molar refractivity (Wildman–Crippen MR) is 104 cm³/mol. The van der Waals surface area contributed by atoms with Crippen molar-refractivity contribution < 1.29 is 23.1 Å². The molecule has 14 heteroatoms. The van der Waals surface area contributed by atoms with E-state index in [1.54, 1.807) is 0 Å². The van der Waals surface area contributed by atoms with E-state index in [1.165, 1.54) is 29.2 Å². The second-order valence-electron chi connectivity index (χ2n) is 6.02. The highest BCUT2D eigenvalue weighted by Gasteiger charge is 2.30. The molecule has 0 radical (unpaired) electrons. The van der Waals surface area contributed by atoms with Gasteiger partial charge in [-0.15, -0.1) is 20.4 Å². The molecule has 0 aliphatic heterocycles. The number of carboxylic acids is 1. The van der Waals surface area contributed by atoms with E-state index in [-0.39, 0.29) is 5.82 Å². The highest BCUT2D eigenvalue weighted by Crippen LogP contribution is 2.32. The molecule has 0 spiro atoms. The molecule has 3 rings (SSSR count).